The van der Waals surface area contributed by atoms with Crippen LogP contribution in [0.25, 0.3) is 0 Å². The molecule has 2 heteroatoms. The molecule has 3 aliphatic carbocycles. The van der Waals surface area contributed by atoms with Crippen molar-refractivity contribution < 1.29 is 10.2 Å². The Bertz CT molecular complexity index is 579. The molecule has 140 valence electrons. The first-order valence-electron chi connectivity index (χ1n) is 10.5. The molecule has 2 nitrogen and oxygen atoms in total. The van der Waals surface area contributed by atoms with Crippen molar-refractivity contribution in [2.75, 3.05) is 0 Å². The SMILES string of the molecule is CCCCC.C[C@]12CC[C@@H]3c4ccc(O)cc4CC[C@H]3[C@@H]1CCC2O. The number of rotatable bonds is 2. The molecule has 2 saturated carbocycles. The van der Waals surface area contributed by atoms with Gasteiger partial charge < -0.3 is 10.2 Å². The van der Waals surface area contributed by atoms with E-state index in [1.54, 1.807) is 0 Å². The fourth-order valence-electron chi connectivity index (χ4n) is 5.89. The average molecular weight is 345 g/mol. The quantitative estimate of drug-likeness (QED) is 0.711. The molecule has 0 amide bonds. The molecule has 0 bridgehead atoms. The molecule has 0 spiro atoms. The van der Waals surface area contributed by atoms with Gasteiger partial charge >= 0.3 is 0 Å². The summed E-state index contributed by atoms with van der Waals surface area (Å²) in [6.45, 7) is 6.74. The van der Waals surface area contributed by atoms with Crippen LogP contribution in [-0.2, 0) is 6.42 Å². The van der Waals surface area contributed by atoms with Crippen molar-refractivity contribution in [2.24, 2.45) is 17.3 Å². The summed E-state index contributed by atoms with van der Waals surface area (Å²) < 4.78 is 0. The van der Waals surface area contributed by atoms with Crippen LogP contribution in [-0.4, -0.2) is 16.3 Å². The molecule has 0 radical (unpaired) electrons. The van der Waals surface area contributed by atoms with E-state index in [1.807, 2.05) is 12.1 Å². The molecule has 0 aliphatic heterocycles. The highest BCUT2D eigenvalue weighted by Crippen LogP contribution is 2.60. The number of aliphatic hydroxyl groups is 1. The van der Waals surface area contributed by atoms with E-state index in [-0.39, 0.29) is 11.5 Å². The lowest BCUT2D eigenvalue weighted by atomic mass is 9.55. The van der Waals surface area contributed by atoms with Crippen LogP contribution >= 0.6 is 0 Å². The highest BCUT2D eigenvalue weighted by atomic mass is 16.3. The number of fused-ring (bicyclic) bond motifs is 5. The summed E-state index contributed by atoms with van der Waals surface area (Å²) in [6.07, 6.45) is 10.9. The number of unbranched alkanes of at least 4 members (excludes halogenated alkanes) is 2. The van der Waals surface area contributed by atoms with Crippen LogP contribution < -0.4 is 0 Å². The maximum atomic E-state index is 10.4. The van der Waals surface area contributed by atoms with Gasteiger partial charge in [-0.2, -0.15) is 0 Å². The van der Waals surface area contributed by atoms with Crippen molar-refractivity contribution in [2.45, 2.75) is 90.6 Å². The molecule has 0 heterocycles. The minimum atomic E-state index is -0.0883. The van der Waals surface area contributed by atoms with Crippen LogP contribution in [0.1, 0.15) is 89.2 Å². The highest BCUT2D eigenvalue weighted by molar-refractivity contribution is 5.40. The molecular formula is C23H36O2. The Hall–Kier alpha value is -1.02. The predicted molar refractivity (Wildman–Crippen MR) is 104 cm³/mol. The zero-order chi connectivity index (χ0) is 18.0. The first kappa shape index (κ1) is 18.8. The van der Waals surface area contributed by atoms with E-state index < -0.39 is 0 Å². The maximum Gasteiger partial charge on any atom is 0.115 e. The Kier molecular flexibility index (Phi) is 5.78. The fourth-order valence-corrected chi connectivity index (χ4v) is 5.89. The molecule has 4 rings (SSSR count). The van der Waals surface area contributed by atoms with Crippen molar-refractivity contribution >= 4 is 0 Å². The van der Waals surface area contributed by atoms with E-state index in [0.717, 1.165) is 25.2 Å². The zero-order valence-electron chi connectivity index (χ0n) is 16.3. The van der Waals surface area contributed by atoms with E-state index >= 15 is 0 Å². The maximum absolute atomic E-state index is 10.4. The third kappa shape index (κ3) is 3.47. The monoisotopic (exact) mass is 344 g/mol. The lowest BCUT2D eigenvalue weighted by Crippen LogP contribution is -2.43. The number of hydrogen-bond acceptors (Lipinski definition) is 2. The number of benzene rings is 1. The summed E-state index contributed by atoms with van der Waals surface area (Å²) in [7, 11) is 0. The molecule has 0 saturated heterocycles. The van der Waals surface area contributed by atoms with Crippen LogP contribution in [0.2, 0.25) is 0 Å². The normalized spacial score (nSPS) is 35.8. The Morgan fingerprint density at radius 2 is 1.84 bits per heavy atom. The van der Waals surface area contributed by atoms with Gasteiger partial charge in [0.1, 0.15) is 5.75 Å². The average Bonchev–Trinajstić information content (AvgIpc) is 2.91. The number of aromatic hydroxyl groups is 1. The van der Waals surface area contributed by atoms with Crippen LogP contribution in [0.3, 0.4) is 0 Å². The van der Waals surface area contributed by atoms with Crippen LogP contribution in [0.5, 0.6) is 5.75 Å². The van der Waals surface area contributed by atoms with Gasteiger partial charge in [0.05, 0.1) is 6.10 Å². The summed E-state index contributed by atoms with van der Waals surface area (Å²) >= 11 is 0. The van der Waals surface area contributed by atoms with Gasteiger partial charge in [0.15, 0.2) is 0 Å². The van der Waals surface area contributed by atoms with Gasteiger partial charge in [0.25, 0.3) is 0 Å². The van der Waals surface area contributed by atoms with Crippen molar-refractivity contribution in [3.8, 4) is 5.75 Å². The van der Waals surface area contributed by atoms with Crippen molar-refractivity contribution in [1.82, 2.24) is 0 Å². The van der Waals surface area contributed by atoms with Crippen LogP contribution in [0.15, 0.2) is 18.2 Å². The Balaban J connectivity index is 0.000000324. The standard InChI is InChI=1S/C18H24O2.C5H12/c1-18-9-8-14-13-5-3-12(19)10-11(13)2-4-15(14)16(18)6-7-17(18)20;1-3-5-4-2/h3,5,10,14-17,19-20H,2,4,6-9H2,1H3;3-5H2,1-2H3/t14-,15-,16+,17?,18+;/m1./s1. The highest BCUT2D eigenvalue weighted by Gasteiger charge is 2.54. The second-order valence-corrected chi connectivity index (χ2v) is 8.79. The summed E-state index contributed by atoms with van der Waals surface area (Å²) in [5.41, 5.74) is 2.99. The van der Waals surface area contributed by atoms with E-state index in [1.165, 1.54) is 49.7 Å². The topological polar surface area (TPSA) is 40.5 Å². The second-order valence-electron chi connectivity index (χ2n) is 8.79. The fraction of sp³-hybridized carbons (Fsp3) is 0.739. The predicted octanol–water partition coefficient (Wildman–Crippen LogP) is 5.81. The van der Waals surface area contributed by atoms with E-state index in [4.69, 9.17) is 0 Å². The molecule has 25 heavy (non-hydrogen) atoms. The molecule has 1 unspecified atom stereocenters. The Morgan fingerprint density at radius 3 is 2.52 bits per heavy atom. The molecule has 1 aromatic carbocycles. The number of phenolic OH excluding ortho intramolecular Hbond substituents is 1. The smallest absolute Gasteiger partial charge is 0.115 e. The molecule has 0 aromatic heterocycles. The molecule has 5 atom stereocenters. The van der Waals surface area contributed by atoms with Gasteiger partial charge in [-0.3, -0.25) is 0 Å². The summed E-state index contributed by atoms with van der Waals surface area (Å²) in [6, 6.07) is 5.96. The summed E-state index contributed by atoms with van der Waals surface area (Å²) in [5, 5.41) is 20.0. The van der Waals surface area contributed by atoms with Crippen LogP contribution in [0, 0.1) is 17.3 Å². The summed E-state index contributed by atoms with van der Waals surface area (Å²) in [5.74, 6) is 2.49. The lowest BCUT2D eigenvalue weighted by Gasteiger charge is -2.50. The zero-order valence-corrected chi connectivity index (χ0v) is 16.3. The minimum Gasteiger partial charge on any atom is -0.508 e. The number of hydrogen-bond donors (Lipinski definition) is 2. The number of phenols is 1. The molecule has 2 N–H and O–H groups in total. The molecular weight excluding hydrogens is 308 g/mol. The number of aliphatic hydroxyl groups excluding tert-OH is 1. The Morgan fingerprint density at radius 1 is 1.08 bits per heavy atom. The van der Waals surface area contributed by atoms with E-state index in [9.17, 15) is 10.2 Å². The third-order valence-corrected chi connectivity index (χ3v) is 7.37. The van der Waals surface area contributed by atoms with Crippen molar-refractivity contribution in [3.63, 3.8) is 0 Å². The van der Waals surface area contributed by atoms with Crippen molar-refractivity contribution in [1.29, 1.82) is 0 Å². The first-order chi connectivity index (χ1) is 12.0. The van der Waals surface area contributed by atoms with Crippen LogP contribution in [0.4, 0.5) is 0 Å². The van der Waals surface area contributed by atoms with E-state index in [2.05, 4.69) is 26.8 Å². The second kappa shape index (κ2) is 7.70. The number of aryl methyl sites for hydroxylation is 1. The van der Waals surface area contributed by atoms with E-state index in [0.29, 0.717) is 17.6 Å². The molecule has 2 fully saturated rings. The van der Waals surface area contributed by atoms with Gasteiger partial charge in [-0.05, 0) is 85.0 Å². The van der Waals surface area contributed by atoms with Gasteiger partial charge in [-0.15, -0.1) is 0 Å². The van der Waals surface area contributed by atoms with Gasteiger partial charge in [-0.25, -0.2) is 0 Å². The largest absolute Gasteiger partial charge is 0.508 e. The minimum absolute atomic E-state index is 0.0883. The summed E-state index contributed by atoms with van der Waals surface area (Å²) in [4.78, 5) is 0. The third-order valence-electron chi connectivity index (χ3n) is 7.37. The molecule has 3 aliphatic rings. The van der Waals surface area contributed by atoms with Crippen molar-refractivity contribution in [3.05, 3.63) is 29.3 Å². The van der Waals surface area contributed by atoms with Gasteiger partial charge in [0, 0.05) is 0 Å². The molecule has 1 aromatic rings. The van der Waals surface area contributed by atoms with Gasteiger partial charge in [0.2, 0.25) is 0 Å². The Labute approximate surface area is 153 Å². The van der Waals surface area contributed by atoms with Gasteiger partial charge in [-0.1, -0.05) is 46.1 Å². The lowest BCUT2D eigenvalue weighted by molar-refractivity contribution is -0.0226. The first-order valence-corrected chi connectivity index (χ1v) is 10.5.